The second-order valence-corrected chi connectivity index (χ2v) is 9.68. The average molecular weight is 486 g/mol. The quantitative estimate of drug-likeness (QED) is 0.218. The first-order valence-corrected chi connectivity index (χ1v) is 12.5. The van der Waals surface area contributed by atoms with Gasteiger partial charge >= 0.3 is 0 Å². The molecular weight excluding hydrogens is 462 g/mol. The Morgan fingerprint density at radius 2 is 1.59 bits per heavy atom. The van der Waals surface area contributed by atoms with Crippen molar-refractivity contribution in [2.75, 3.05) is 10.6 Å². The molecule has 1 heterocycles. The summed E-state index contributed by atoms with van der Waals surface area (Å²) >= 11 is 2.86. The monoisotopic (exact) mass is 485 g/mol. The normalized spacial score (nSPS) is 11.8. The number of carbonyl (C=O) groups is 2. The van der Waals surface area contributed by atoms with Crippen LogP contribution in [0.4, 0.5) is 10.8 Å². The van der Waals surface area contributed by atoms with Crippen LogP contribution in [0.15, 0.2) is 101 Å². The zero-order valence-electron chi connectivity index (χ0n) is 18.5. The fourth-order valence-corrected chi connectivity index (χ4v) is 4.66. The highest BCUT2D eigenvalue weighted by molar-refractivity contribution is 8.00. The Hall–Kier alpha value is -3.68. The summed E-state index contributed by atoms with van der Waals surface area (Å²) in [6.45, 7) is 1.86. The van der Waals surface area contributed by atoms with E-state index in [1.807, 2.05) is 97.2 Å². The van der Waals surface area contributed by atoms with Crippen LogP contribution in [0.1, 0.15) is 12.5 Å². The van der Waals surface area contributed by atoms with Crippen LogP contribution in [-0.2, 0) is 9.59 Å². The number of anilines is 2. The Balaban J connectivity index is 1.28. The number of hydrogen-bond acceptors (Lipinski definition) is 5. The molecule has 0 aliphatic heterocycles. The number of benzene rings is 3. The molecule has 0 aliphatic carbocycles. The largest absolute Gasteiger partial charge is 0.323 e. The second-order valence-electron chi connectivity index (χ2n) is 7.41. The summed E-state index contributed by atoms with van der Waals surface area (Å²) in [5.41, 5.74) is 3.52. The van der Waals surface area contributed by atoms with E-state index in [-0.39, 0.29) is 17.1 Å². The van der Waals surface area contributed by atoms with Gasteiger partial charge in [0.2, 0.25) is 11.8 Å². The van der Waals surface area contributed by atoms with Crippen molar-refractivity contribution in [1.29, 1.82) is 0 Å². The summed E-state index contributed by atoms with van der Waals surface area (Å²) in [6, 6.07) is 27.0. The summed E-state index contributed by atoms with van der Waals surface area (Å²) in [5.74, 6) is -0.308. The number of aromatic nitrogens is 1. The lowest BCUT2D eigenvalue weighted by atomic mass is 10.2. The van der Waals surface area contributed by atoms with Crippen LogP contribution in [0.2, 0.25) is 0 Å². The molecule has 3 aromatic carbocycles. The van der Waals surface area contributed by atoms with E-state index in [9.17, 15) is 9.59 Å². The van der Waals surface area contributed by atoms with E-state index in [2.05, 4.69) is 15.6 Å². The van der Waals surface area contributed by atoms with E-state index in [0.29, 0.717) is 10.8 Å². The molecule has 1 unspecified atom stereocenters. The van der Waals surface area contributed by atoms with Crippen molar-refractivity contribution in [1.82, 2.24) is 4.98 Å². The molecular formula is C27H23N3O2S2. The molecule has 1 aromatic heterocycles. The highest BCUT2D eigenvalue weighted by atomic mass is 32.2. The zero-order chi connectivity index (χ0) is 23.8. The fourth-order valence-electron chi connectivity index (χ4n) is 3.07. The molecule has 0 saturated carbocycles. The van der Waals surface area contributed by atoms with Gasteiger partial charge in [0, 0.05) is 27.6 Å². The Morgan fingerprint density at radius 1 is 0.912 bits per heavy atom. The second kappa shape index (κ2) is 11.4. The summed E-state index contributed by atoms with van der Waals surface area (Å²) < 4.78 is 0. The number of rotatable bonds is 8. The number of amides is 2. The molecule has 0 fully saturated rings. The van der Waals surface area contributed by atoms with Crippen LogP contribution in [0.25, 0.3) is 17.3 Å². The average Bonchev–Trinajstić information content (AvgIpc) is 3.33. The van der Waals surface area contributed by atoms with E-state index >= 15 is 0 Å². The summed E-state index contributed by atoms with van der Waals surface area (Å²) in [6.07, 6.45) is 3.28. The third-order valence-electron chi connectivity index (χ3n) is 4.83. The van der Waals surface area contributed by atoms with Crippen molar-refractivity contribution in [3.63, 3.8) is 0 Å². The number of hydrogen-bond donors (Lipinski definition) is 2. The lowest BCUT2D eigenvalue weighted by Crippen LogP contribution is -2.22. The Morgan fingerprint density at radius 3 is 2.29 bits per heavy atom. The number of nitrogens with one attached hydrogen (secondary N) is 2. The van der Waals surface area contributed by atoms with E-state index in [1.165, 1.54) is 29.2 Å². The van der Waals surface area contributed by atoms with Gasteiger partial charge in [0.15, 0.2) is 5.13 Å². The van der Waals surface area contributed by atoms with Gasteiger partial charge in [-0.1, -0.05) is 60.7 Å². The van der Waals surface area contributed by atoms with E-state index in [4.69, 9.17) is 0 Å². The van der Waals surface area contributed by atoms with Crippen LogP contribution in [0.3, 0.4) is 0 Å². The minimum absolute atomic E-state index is 0.109. The lowest BCUT2D eigenvalue weighted by molar-refractivity contribution is -0.115. The zero-order valence-corrected chi connectivity index (χ0v) is 20.1. The fraction of sp³-hybridized carbons (Fsp3) is 0.0741. The predicted octanol–water partition coefficient (Wildman–Crippen LogP) is 6.58. The molecule has 34 heavy (non-hydrogen) atoms. The van der Waals surface area contributed by atoms with Crippen molar-refractivity contribution >= 4 is 51.8 Å². The minimum atomic E-state index is -0.307. The highest BCUT2D eigenvalue weighted by Gasteiger charge is 2.16. The van der Waals surface area contributed by atoms with Crippen molar-refractivity contribution in [3.8, 4) is 11.3 Å². The third-order valence-corrected chi connectivity index (χ3v) is 6.70. The first kappa shape index (κ1) is 23.5. The molecule has 0 radical (unpaired) electrons. The van der Waals surface area contributed by atoms with Gasteiger partial charge < -0.3 is 10.6 Å². The molecule has 0 spiro atoms. The molecule has 0 bridgehead atoms. The van der Waals surface area contributed by atoms with Gasteiger partial charge in [-0.2, -0.15) is 0 Å². The smallest absolute Gasteiger partial charge is 0.248 e. The van der Waals surface area contributed by atoms with E-state index < -0.39 is 0 Å². The van der Waals surface area contributed by atoms with Crippen molar-refractivity contribution < 1.29 is 9.59 Å². The van der Waals surface area contributed by atoms with E-state index in [0.717, 1.165) is 21.7 Å². The summed E-state index contributed by atoms with van der Waals surface area (Å²) in [4.78, 5) is 30.2. The molecule has 0 aliphatic rings. The molecule has 4 rings (SSSR count). The molecule has 2 N–H and O–H groups in total. The maximum absolute atomic E-state index is 12.6. The van der Waals surface area contributed by atoms with Gasteiger partial charge in [-0.05, 0) is 42.8 Å². The molecule has 4 aromatic rings. The van der Waals surface area contributed by atoms with Gasteiger partial charge in [-0.3, -0.25) is 9.59 Å². The van der Waals surface area contributed by atoms with Gasteiger partial charge in [0.1, 0.15) is 0 Å². The number of thiazole rings is 1. The first-order chi connectivity index (χ1) is 16.6. The van der Waals surface area contributed by atoms with Gasteiger partial charge in [0.25, 0.3) is 0 Å². The van der Waals surface area contributed by atoms with Crippen molar-refractivity contribution in [2.24, 2.45) is 0 Å². The topological polar surface area (TPSA) is 71.1 Å². The Labute approximate surface area is 207 Å². The lowest BCUT2D eigenvalue weighted by Gasteiger charge is -2.11. The number of thioether (sulfide) groups is 1. The number of carbonyl (C=O) groups excluding carboxylic acids is 2. The summed E-state index contributed by atoms with van der Waals surface area (Å²) in [7, 11) is 0. The number of nitrogens with zero attached hydrogens (tertiary/aromatic N) is 1. The van der Waals surface area contributed by atoms with Crippen LogP contribution < -0.4 is 10.6 Å². The first-order valence-electron chi connectivity index (χ1n) is 10.7. The maximum atomic E-state index is 12.6. The molecule has 5 nitrogen and oxygen atoms in total. The maximum Gasteiger partial charge on any atom is 0.248 e. The Bertz CT molecular complexity index is 1270. The molecule has 2 amide bonds. The standard InChI is InChI=1S/C27H23N3O2S2/c1-19(26(32)30-27-29-24(18-33-27)21-10-6-3-7-11-21)34-23-15-13-22(14-16-23)28-25(31)17-12-20-8-4-2-5-9-20/h2-19H,1H3,(H,28,31)(H,29,30,32)/b17-12+. The summed E-state index contributed by atoms with van der Waals surface area (Å²) in [5, 5.41) is 7.95. The van der Waals surface area contributed by atoms with Gasteiger partial charge in [0.05, 0.1) is 10.9 Å². The van der Waals surface area contributed by atoms with Crippen LogP contribution in [0.5, 0.6) is 0 Å². The molecule has 0 saturated heterocycles. The van der Waals surface area contributed by atoms with Crippen LogP contribution in [-0.4, -0.2) is 22.0 Å². The van der Waals surface area contributed by atoms with Gasteiger partial charge in [-0.15, -0.1) is 23.1 Å². The van der Waals surface area contributed by atoms with Crippen molar-refractivity contribution in [3.05, 3.63) is 102 Å². The van der Waals surface area contributed by atoms with Crippen LogP contribution in [0, 0.1) is 0 Å². The highest BCUT2D eigenvalue weighted by Crippen LogP contribution is 2.28. The van der Waals surface area contributed by atoms with Crippen LogP contribution >= 0.6 is 23.1 Å². The van der Waals surface area contributed by atoms with E-state index in [1.54, 1.807) is 6.08 Å². The predicted molar refractivity (Wildman–Crippen MR) is 142 cm³/mol. The molecule has 7 heteroatoms. The molecule has 1 atom stereocenters. The van der Waals surface area contributed by atoms with Gasteiger partial charge in [-0.25, -0.2) is 4.98 Å². The third kappa shape index (κ3) is 6.66. The van der Waals surface area contributed by atoms with Crippen molar-refractivity contribution in [2.45, 2.75) is 17.1 Å². The Kier molecular flexibility index (Phi) is 7.91. The minimum Gasteiger partial charge on any atom is -0.323 e. The molecule has 170 valence electrons. The SMILES string of the molecule is CC(Sc1ccc(NC(=O)/C=C/c2ccccc2)cc1)C(=O)Nc1nc(-c2ccccc2)cs1.